The first-order chi connectivity index (χ1) is 11.6. The van der Waals surface area contributed by atoms with Gasteiger partial charge in [0.25, 0.3) is 0 Å². The second kappa shape index (κ2) is 5.83. The number of hydrogen-bond donors (Lipinski definition) is 2. The van der Waals surface area contributed by atoms with Crippen LogP contribution in [0.2, 0.25) is 5.02 Å². The standard InChI is InChI=1S/C18H17ClN4O/c1-11-2-4-12(5-3-11)16-9-15(22-18-20-10-21-23(16)18)14-8-13(19)6-7-17(14)24/h2-8,10,15-16,24H,9H2,1H3,(H,20,21,22)/t15-,16-/m0/s1. The van der Waals surface area contributed by atoms with Crippen LogP contribution in [0.25, 0.3) is 0 Å². The predicted octanol–water partition coefficient (Wildman–Crippen LogP) is 4.09. The number of aromatic nitrogens is 3. The molecule has 3 aromatic rings. The molecule has 6 heteroatoms. The van der Waals surface area contributed by atoms with E-state index in [2.05, 4.69) is 46.6 Å². The van der Waals surface area contributed by atoms with Crippen LogP contribution in [0.15, 0.2) is 48.8 Å². The average Bonchev–Trinajstić information content (AvgIpc) is 3.05. The summed E-state index contributed by atoms with van der Waals surface area (Å²) in [6.45, 7) is 2.07. The zero-order valence-corrected chi connectivity index (χ0v) is 13.9. The highest BCUT2D eigenvalue weighted by molar-refractivity contribution is 6.30. The molecule has 4 rings (SSSR count). The van der Waals surface area contributed by atoms with Crippen LogP contribution in [0, 0.1) is 6.92 Å². The predicted molar refractivity (Wildman–Crippen MR) is 93.4 cm³/mol. The summed E-state index contributed by atoms with van der Waals surface area (Å²) in [4.78, 5) is 4.30. The summed E-state index contributed by atoms with van der Waals surface area (Å²) in [7, 11) is 0. The number of benzene rings is 2. The number of nitrogens with one attached hydrogen (secondary N) is 1. The van der Waals surface area contributed by atoms with E-state index in [1.54, 1.807) is 24.5 Å². The molecular formula is C18H17ClN4O. The van der Waals surface area contributed by atoms with E-state index in [0.29, 0.717) is 11.0 Å². The van der Waals surface area contributed by atoms with Gasteiger partial charge in [-0.05, 0) is 37.1 Å². The van der Waals surface area contributed by atoms with Crippen molar-refractivity contribution in [1.29, 1.82) is 0 Å². The summed E-state index contributed by atoms with van der Waals surface area (Å²) in [5.74, 6) is 0.920. The number of aromatic hydroxyl groups is 1. The Bertz CT molecular complexity index is 875. The monoisotopic (exact) mass is 340 g/mol. The topological polar surface area (TPSA) is 63.0 Å². The van der Waals surface area contributed by atoms with Crippen molar-refractivity contribution in [3.05, 3.63) is 70.5 Å². The van der Waals surface area contributed by atoms with Gasteiger partial charge < -0.3 is 10.4 Å². The molecule has 0 saturated heterocycles. The lowest BCUT2D eigenvalue weighted by Gasteiger charge is -2.32. The highest BCUT2D eigenvalue weighted by Gasteiger charge is 2.31. The fourth-order valence-electron chi connectivity index (χ4n) is 3.19. The molecule has 1 aromatic heterocycles. The first kappa shape index (κ1) is 15.0. The molecule has 2 heterocycles. The number of aryl methyl sites for hydroxylation is 1. The number of hydrogen-bond acceptors (Lipinski definition) is 4. The molecule has 2 aromatic carbocycles. The molecule has 122 valence electrons. The number of rotatable bonds is 2. The van der Waals surface area contributed by atoms with Crippen LogP contribution in [0.4, 0.5) is 5.95 Å². The second-order valence-electron chi connectivity index (χ2n) is 6.09. The molecule has 1 aliphatic rings. The fourth-order valence-corrected chi connectivity index (χ4v) is 3.37. The smallest absolute Gasteiger partial charge is 0.222 e. The number of phenols is 1. The van der Waals surface area contributed by atoms with Gasteiger partial charge in [0.2, 0.25) is 5.95 Å². The minimum atomic E-state index is -0.0910. The van der Waals surface area contributed by atoms with E-state index in [1.807, 2.05) is 4.68 Å². The van der Waals surface area contributed by atoms with Gasteiger partial charge in [0.05, 0.1) is 12.1 Å². The average molecular weight is 341 g/mol. The Morgan fingerprint density at radius 1 is 1.21 bits per heavy atom. The highest BCUT2D eigenvalue weighted by atomic mass is 35.5. The van der Waals surface area contributed by atoms with Crippen molar-refractivity contribution in [1.82, 2.24) is 14.8 Å². The number of halogens is 1. The Balaban J connectivity index is 1.76. The molecule has 0 saturated carbocycles. The van der Waals surface area contributed by atoms with Gasteiger partial charge in [-0.15, -0.1) is 0 Å². The SMILES string of the molecule is Cc1ccc([C@@H]2C[C@@H](c3cc(Cl)ccc3O)Nc3ncnn32)cc1. The molecular weight excluding hydrogens is 324 g/mol. The maximum atomic E-state index is 10.2. The van der Waals surface area contributed by atoms with Gasteiger partial charge in [-0.25, -0.2) is 4.68 Å². The van der Waals surface area contributed by atoms with E-state index in [0.717, 1.165) is 12.0 Å². The van der Waals surface area contributed by atoms with Gasteiger partial charge in [-0.1, -0.05) is 41.4 Å². The van der Waals surface area contributed by atoms with E-state index < -0.39 is 0 Å². The maximum Gasteiger partial charge on any atom is 0.222 e. The van der Waals surface area contributed by atoms with Crippen LogP contribution >= 0.6 is 11.6 Å². The van der Waals surface area contributed by atoms with Gasteiger partial charge >= 0.3 is 0 Å². The Morgan fingerprint density at radius 3 is 2.79 bits per heavy atom. The molecule has 0 radical (unpaired) electrons. The summed E-state index contributed by atoms with van der Waals surface area (Å²) in [5.41, 5.74) is 3.16. The molecule has 1 aliphatic heterocycles. The summed E-state index contributed by atoms with van der Waals surface area (Å²) >= 11 is 6.11. The summed E-state index contributed by atoms with van der Waals surface area (Å²) < 4.78 is 1.89. The maximum absolute atomic E-state index is 10.2. The van der Waals surface area contributed by atoms with Gasteiger partial charge in [-0.2, -0.15) is 10.1 Å². The van der Waals surface area contributed by atoms with Crippen LogP contribution in [0.5, 0.6) is 5.75 Å². The molecule has 0 fully saturated rings. The van der Waals surface area contributed by atoms with Crippen molar-refractivity contribution in [3.63, 3.8) is 0 Å². The third-order valence-electron chi connectivity index (χ3n) is 4.46. The lowest BCUT2D eigenvalue weighted by atomic mass is 9.92. The van der Waals surface area contributed by atoms with Gasteiger partial charge in [0, 0.05) is 10.6 Å². The number of phenolic OH excluding ortho intramolecular Hbond substituents is 1. The van der Waals surface area contributed by atoms with E-state index in [-0.39, 0.29) is 17.8 Å². The van der Waals surface area contributed by atoms with Crippen molar-refractivity contribution in [2.45, 2.75) is 25.4 Å². The van der Waals surface area contributed by atoms with E-state index in [4.69, 9.17) is 11.6 Å². The Labute approximate surface area is 144 Å². The third kappa shape index (κ3) is 2.61. The van der Waals surface area contributed by atoms with Gasteiger partial charge in [0.15, 0.2) is 0 Å². The molecule has 0 aliphatic carbocycles. The first-order valence-electron chi connectivity index (χ1n) is 7.83. The minimum Gasteiger partial charge on any atom is -0.508 e. The van der Waals surface area contributed by atoms with E-state index in [9.17, 15) is 5.11 Å². The van der Waals surface area contributed by atoms with Crippen molar-refractivity contribution in [2.24, 2.45) is 0 Å². The molecule has 0 amide bonds. The quantitative estimate of drug-likeness (QED) is 0.737. The lowest BCUT2D eigenvalue weighted by molar-refractivity contribution is 0.414. The Kier molecular flexibility index (Phi) is 3.65. The van der Waals surface area contributed by atoms with Crippen molar-refractivity contribution < 1.29 is 5.11 Å². The number of fused-ring (bicyclic) bond motifs is 1. The largest absolute Gasteiger partial charge is 0.508 e. The molecule has 5 nitrogen and oxygen atoms in total. The van der Waals surface area contributed by atoms with Gasteiger partial charge in [0.1, 0.15) is 12.1 Å². The van der Waals surface area contributed by atoms with Crippen molar-refractivity contribution in [3.8, 4) is 5.75 Å². The Morgan fingerprint density at radius 2 is 2.00 bits per heavy atom. The van der Waals surface area contributed by atoms with Crippen LogP contribution in [-0.2, 0) is 0 Å². The third-order valence-corrected chi connectivity index (χ3v) is 4.69. The van der Waals surface area contributed by atoms with Crippen molar-refractivity contribution in [2.75, 3.05) is 5.32 Å². The molecule has 0 bridgehead atoms. The molecule has 2 atom stereocenters. The lowest BCUT2D eigenvalue weighted by Crippen LogP contribution is -2.28. The normalized spacial score (nSPS) is 19.6. The molecule has 0 unspecified atom stereocenters. The van der Waals surface area contributed by atoms with Crippen LogP contribution < -0.4 is 5.32 Å². The minimum absolute atomic E-state index is 0.0488. The molecule has 0 spiro atoms. The Hall–Kier alpha value is -2.53. The van der Waals surface area contributed by atoms with Crippen LogP contribution in [-0.4, -0.2) is 19.9 Å². The molecule has 2 N–H and O–H groups in total. The fraction of sp³-hybridized carbons (Fsp3) is 0.222. The number of anilines is 1. The number of nitrogens with zero attached hydrogens (tertiary/aromatic N) is 3. The second-order valence-corrected chi connectivity index (χ2v) is 6.53. The van der Waals surface area contributed by atoms with E-state index in [1.165, 1.54) is 11.1 Å². The van der Waals surface area contributed by atoms with Crippen LogP contribution in [0.1, 0.15) is 35.2 Å². The summed E-state index contributed by atoms with van der Waals surface area (Å²) in [6, 6.07) is 13.5. The molecule has 24 heavy (non-hydrogen) atoms. The van der Waals surface area contributed by atoms with Gasteiger partial charge in [-0.3, -0.25) is 0 Å². The highest BCUT2D eigenvalue weighted by Crippen LogP contribution is 2.40. The summed E-state index contributed by atoms with van der Waals surface area (Å²) in [5, 5.41) is 18.5. The zero-order chi connectivity index (χ0) is 16.7. The van der Waals surface area contributed by atoms with E-state index >= 15 is 0 Å². The van der Waals surface area contributed by atoms with Crippen molar-refractivity contribution >= 4 is 17.5 Å². The summed E-state index contributed by atoms with van der Waals surface area (Å²) in [6.07, 6.45) is 2.29. The van der Waals surface area contributed by atoms with Crippen LogP contribution in [0.3, 0.4) is 0 Å². The first-order valence-corrected chi connectivity index (χ1v) is 8.20. The zero-order valence-electron chi connectivity index (χ0n) is 13.1.